The van der Waals surface area contributed by atoms with E-state index in [9.17, 15) is 0 Å². The number of aryl methyl sites for hydroxylation is 1. The van der Waals surface area contributed by atoms with Crippen LogP contribution in [-0.4, -0.2) is 4.98 Å². The molecule has 2 aromatic rings. The Morgan fingerprint density at radius 3 is 2.88 bits per heavy atom. The molecule has 0 bridgehead atoms. The number of nitrogens with zero attached hydrogens (tertiary/aromatic N) is 1. The molecule has 2 heteroatoms. The van der Waals surface area contributed by atoms with Crippen molar-refractivity contribution in [3.05, 3.63) is 59.3 Å². The fourth-order valence-corrected chi connectivity index (χ4v) is 2.22. The third-order valence-electron chi connectivity index (χ3n) is 2.96. The Balaban J connectivity index is 0.00000108. The second kappa shape index (κ2) is 4.94. The van der Waals surface area contributed by atoms with Gasteiger partial charge in [0.15, 0.2) is 11.3 Å². The molecule has 1 heterocycles. The van der Waals surface area contributed by atoms with Crippen molar-refractivity contribution in [1.29, 1.82) is 0 Å². The third kappa shape index (κ3) is 1.99. The molecule has 3 rings (SSSR count). The van der Waals surface area contributed by atoms with E-state index in [0.717, 1.165) is 23.2 Å². The quantitative estimate of drug-likeness (QED) is 0.548. The van der Waals surface area contributed by atoms with E-state index in [0.29, 0.717) is 0 Å². The van der Waals surface area contributed by atoms with Gasteiger partial charge in [-0.3, -0.25) is 0 Å². The topological polar surface area (TPSA) is 12.9 Å². The van der Waals surface area contributed by atoms with E-state index in [2.05, 4.69) is 42.3 Å². The minimum Gasteiger partial charge on any atom is -1.00 e. The van der Waals surface area contributed by atoms with Crippen LogP contribution in [0.4, 0.5) is 0 Å². The summed E-state index contributed by atoms with van der Waals surface area (Å²) in [5, 5.41) is 1.25. The lowest BCUT2D eigenvalue weighted by molar-refractivity contribution is -0.00000317. The van der Waals surface area contributed by atoms with Gasteiger partial charge in [0.2, 0.25) is 0 Å². The molecule has 0 spiro atoms. The Morgan fingerprint density at radius 2 is 2.06 bits per heavy atom. The summed E-state index contributed by atoms with van der Waals surface area (Å²) >= 11 is 0. The molecule has 0 aliphatic heterocycles. The van der Waals surface area contributed by atoms with Gasteiger partial charge >= 0.3 is 0 Å². The molecule has 0 atom stereocenters. The van der Waals surface area contributed by atoms with Crippen molar-refractivity contribution in [2.75, 3.05) is 0 Å². The van der Waals surface area contributed by atoms with Crippen LogP contribution in [0.1, 0.15) is 23.7 Å². The number of aromatic nitrogens is 1. The van der Waals surface area contributed by atoms with Crippen molar-refractivity contribution in [3.63, 3.8) is 0 Å². The van der Waals surface area contributed by atoms with Gasteiger partial charge in [-0.15, -0.1) is 0 Å². The number of halogens is 1. The maximum atomic E-state index is 4.66. The summed E-state index contributed by atoms with van der Waals surface area (Å²) in [5.41, 5.74) is 4.62. The van der Waals surface area contributed by atoms with Gasteiger partial charge in [-0.05, 0) is 12.1 Å². The molecule has 1 nitrogen and oxygen atoms in total. The Bertz CT molecular complexity index is 612. The number of para-hydroxylation sites is 1. The van der Waals surface area contributed by atoms with Crippen LogP contribution in [0.15, 0.2) is 36.4 Å². The van der Waals surface area contributed by atoms with Crippen LogP contribution < -0.4 is 24.0 Å². The van der Waals surface area contributed by atoms with Gasteiger partial charge < -0.3 is 24.0 Å². The highest BCUT2D eigenvalue weighted by molar-refractivity contribution is 5.86. The zero-order chi connectivity index (χ0) is 11.0. The van der Waals surface area contributed by atoms with Crippen LogP contribution in [0.5, 0.6) is 0 Å². The molecule has 17 heavy (non-hydrogen) atoms. The molecule has 0 amide bonds. The molecular weight excluding hydrogens is 321 g/mol. The van der Waals surface area contributed by atoms with Crippen LogP contribution in [0.2, 0.25) is 0 Å². The van der Waals surface area contributed by atoms with Gasteiger partial charge in [-0.2, -0.15) is 4.98 Å². The van der Waals surface area contributed by atoms with Gasteiger partial charge in [0, 0.05) is 30.0 Å². The molecule has 0 saturated carbocycles. The first-order chi connectivity index (χ1) is 7.90. The number of allylic oxidation sites excluding steroid dienone is 2. The van der Waals surface area contributed by atoms with Crippen molar-refractivity contribution in [3.8, 4) is 0 Å². The molecule has 84 valence electrons. The normalized spacial score (nSPS) is 11.8. The lowest BCUT2D eigenvalue weighted by atomic mass is 9.96. The summed E-state index contributed by atoms with van der Waals surface area (Å²) in [6.07, 6.45) is 10.3. The predicted molar refractivity (Wildman–Crippen MR) is 67.1 cm³/mol. The summed E-state index contributed by atoms with van der Waals surface area (Å²) in [4.78, 5) is 4.66. The first-order valence-electron chi connectivity index (χ1n) is 5.58. The van der Waals surface area contributed by atoms with E-state index >= 15 is 0 Å². The van der Waals surface area contributed by atoms with Crippen molar-refractivity contribution in [2.45, 2.75) is 13.3 Å². The van der Waals surface area contributed by atoms with E-state index in [1.165, 1.54) is 10.9 Å². The van der Waals surface area contributed by atoms with Gasteiger partial charge in [0.05, 0.1) is 17.2 Å². The lowest BCUT2D eigenvalue weighted by Gasteiger charge is -2.05. The maximum absolute atomic E-state index is 4.66. The van der Waals surface area contributed by atoms with Crippen molar-refractivity contribution in [2.24, 2.45) is 0 Å². The van der Waals surface area contributed by atoms with Crippen LogP contribution in [0.25, 0.3) is 17.0 Å². The molecular formula is C15H12IN. The van der Waals surface area contributed by atoms with E-state index in [4.69, 9.17) is 0 Å². The van der Waals surface area contributed by atoms with Gasteiger partial charge in [-0.1, -0.05) is 19.1 Å². The smallest absolute Gasteiger partial charge is 0.177 e. The summed E-state index contributed by atoms with van der Waals surface area (Å²) in [6.45, 7) is 2.18. The van der Waals surface area contributed by atoms with E-state index in [1.807, 2.05) is 18.2 Å². The average molecular weight is 333 g/mol. The number of hydrogen-bond donors (Lipinski definition) is 0. The first kappa shape index (κ1) is 12.2. The summed E-state index contributed by atoms with van der Waals surface area (Å²) in [7, 11) is 0. The maximum Gasteiger partial charge on any atom is 0.177 e. The van der Waals surface area contributed by atoms with E-state index in [-0.39, 0.29) is 24.0 Å². The number of fused-ring (bicyclic) bond motifs is 2. The Hall–Kier alpha value is -1.25. The monoisotopic (exact) mass is 333 g/mol. The Labute approximate surface area is 118 Å². The van der Waals surface area contributed by atoms with Crippen molar-refractivity contribution >= 4 is 17.0 Å². The highest BCUT2D eigenvalue weighted by Gasteiger charge is 2.19. The van der Waals surface area contributed by atoms with Crippen molar-refractivity contribution in [1.82, 2.24) is 4.98 Å². The molecule has 1 aliphatic carbocycles. The summed E-state index contributed by atoms with van der Waals surface area (Å²) < 4.78 is 0. The largest absolute Gasteiger partial charge is 1.00 e. The van der Waals surface area contributed by atoms with Gasteiger partial charge in [0.1, 0.15) is 0 Å². The van der Waals surface area contributed by atoms with E-state index in [1.54, 1.807) is 0 Å². The number of hydrogen-bond acceptors (Lipinski definition) is 1. The molecule has 1 aliphatic rings. The molecule has 0 radical (unpaired) electrons. The highest BCUT2D eigenvalue weighted by atomic mass is 127. The number of pyridine rings is 1. The molecule has 0 unspecified atom stereocenters. The van der Waals surface area contributed by atoms with E-state index < -0.39 is 0 Å². The summed E-state index contributed by atoms with van der Waals surface area (Å²) in [6, 6.07) is 8.31. The molecule has 0 fully saturated rings. The lowest BCUT2D eigenvalue weighted by Crippen LogP contribution is -3.00. The predicted octanol–water partition coefficient (Wildman–Crippen LogP) is 0.535. The zero-order valence-electron chi connectivity index (χ0n) is 9.57. The minimum absolute atomic E-state index is 0. The van der Waals surface area contributed by atoms with Crippen LogP contribution in [0, 0.1) is 6.08 Å². The Kier molecular flexibility index (Phi) is 3.55. The van der Waals surface area contributed by atoms with Gasteiger partial charge in [0.25, 0.3) is 0 Å². The SMILES string of the molecule is CCc1c2c(nc3ccccc13)C=CC=[C+]2.[I-]. The molecule has 0 N–H and O–H groups in total. The summed E-state index contributed by atoms with van der Waals surface area (Å²) in [5.74, 6) is 0. The van der Waals surface area contributed by atoms with Crippen LogP contribution in [0.3, 0.4) is 0 Å². The highest BCUT2D eigenvalue weighted by Crippen LogP contribution is 2.26. The molecule has 1 aromatic heterocycles. The second-order valence-electron chi connectivity index (χ2n) is 3.89. The average Bonchev–Trinajstić information content (AvgIpc) is 2.36. The zero-order valence-corrected chi connectivity index (χ0v) is 11.7. The number of benzene rings is 1. The fourth-order valence-electron chi connectivity index (χ4n) is 2.22. The minimum atomic E-state index is 0. The molecule has 1 aromatic carbocycles. The standard InChI is InChI=1S/C15H12N.HI/c1-2-11-12-7-3-5-9-14(12)16-15-10-6-4-8-13(11)15;/h3-7,9-10H,2H2,1H3;1H/q+1;/p-1. The van der Waals surface area contributed by atoms with Crippen LogP contribution in [-0.2, 0) is 6.42 Å². The molecule has 0 saturated heterocycles. The van der Waals surface area contributed by atoms with Crippen molar-refractivity contribution < 1.29 is 24.0 Å². The Morgan fingerprint density at radius 1 is 1.24 bits per heavy atom. The van der Waals surface area contributed by atoms with Gasteiger partial charge in [-0.25, -0.2) is 0 Å². The third-order valence-corrected chi connectivity index (χ3v) is 2.96. The second-order valence-corrected chi connectivity index (χ2v) is 3.89. The fraction of sp³-hybridized carbons (Fsp3) is 0.133. The van der Waals surface area contributed by atoms with Crippen LogP contribution >= 0.6 is 0 Å². The first-order valence-corrected chi connectivity index (χ1v) is 5.58. The number of rotatable bonds is 1.